The molecule has 0 aliphatic carbocycles. The normalized spacial score (nSPS) is 9.09. The number of benzene rings is 1. The van der Waals surface area contributed by atoms with Crippen molar-refractivity contribution >= 4 is 6.08 Å². The van der Waals surface area contributed by atoms with Crippen LogP contribution in [0.25, 0.3) is 6.08 Å². The Kier molecular flexibility index (Phi) is 6.06. The zero-order valence-corrected chi connectivity index (χ0v) is 8.65. The van der Waals surface area contributed by atoms with Crippen molar-refractivity contribution in [1.29, 1.82) is 0 Å². The van der Waals surface area contributed by atoms with E-state index >= 15 is 0 Å². The molecule has 0 radical (unpaired) electrons. The molecule has 0 heterocycles. The first kappa shape index (κ1) is 10.6. The Hall–Kier alpha value is -0.417. The van der Waals surface area contributed by atoms with Crippen LogP contribution in [0.15, 0.2) is 42.5 Å². The molecule has 1 heteroatoms. The fraction of sp³-hybridized carbons (Fsp3) is 0. The molecule has 0 fully saturated rings. The maximum Gasteiger partial charge on any atom is 0 e. The second kappa shape index (κ2) is 6.30. The molecule has 0 bridgehead atoms. The van der Waals surface area contributed by atoms with Gasteiger partial charge in [-0.1, -0.05) is 30.3 Å². The van der Waals surface area contributed by atoms with Crippen molar-refractivity contribution in [3.05, 3.63) is 54.6 Å². The topological polar surface area (TPSA) is 0 Å². The van der Waals surface area contributed by atoms with E-state index in [4.69, 9.17) is 6.58 Å². The minimum atomic E-state index is 0. The van der Waals surface area contributed by atoms with Gasteiger partial charge in [0.15, 0.2) is 0 Å². The number of hydrogen-bond acceptors (Lipinski definition) is 0. The molecular formula is C10H9Zr-. The molecule has 0 saturated carbocycles. The molecule has 0 atom stereocenters. The maximum atomic E-state index is 5.16. The van der Waals surface area contributed by atoms with Gasteiger partial charge in [-0.25, -0.2) is 12.2 Å². The smallest absolute Gasteiger partial charge is 0 e. The van der Waals surface area contributed by atoms with Crippen molar-refractivity contribution in [2.24, 2.45) is 0 Å². The average Bonchev–Trinajstić information content (AvgIpc) is 2.03. The minimum Gasteiger partial charge on any atom is -0.293 e. The molecule has 0 nitrogen and oxygen atoms in total. The molecule has 0 aliphatic heterocycles. The quantitative estimate of drug-likeness (QED) is 0.531. The Labute approximate surface area is 86.8 Å². The van der Waals surface area contributed by atoms with Gasteiger partial charge in [-0.15, -0.1) is 6.08 Å². The summed E-state index contributed by atoms with van der Waals surface area (Å²) in [4.78, 5) is 0. The van der Waals surface area contributed by atoms with Crippen molar-refractivity contribution < 1.29 is 26.2 Å². The summed E-state index contributed by atoms with van der Waals surface area (Å²) in [5.74, 6) is 0. The van der Waals surface area contributed by atoms with E-state index in [1.54, 1.807) is 0 Å². The van der Waals surface area contributed by atoms with Crippen molar-refractivity contribution in [2.75, 3.05) is 0 Å². The van der Waals surface area contributed by atoms with Gasteiger partial charge in [-0.05, 0) is 5.56 Å². The van der Waals surface area contributed by atoms with Crippen molar-refractivity contribution in [3.63, 3.8) is 0 Å². The zero-order chi connectivity index (χ0) is 7.23. The molecule has 0 N–H and O–H groups in total. The van der Waals surface area contributed by atoms with Crippen LogP contribution >= 0.6 is 0 Å². The Morgan fingerprint density at radius 1 is 1.09 bits per heavy atom. The molecule has 0 aliphatic rings. The third kappa shape index (κ3) is 4.11. The minimum absolute atomic E-state index is 0. The summed E-state index contributed by atoms with van der Waals surface area (Å²) in [7, 11) is 0. The molecule has 1 aromatic carbocycles. The van der Waals surface area contributed by atoms with Gasteiger partial charge >= 0.3 is 0 Å². The van der Waals surface area contributed by atoms with E-state index in [-0.39, 0.29) is 26.2 Å². The van der Waals surface area contributed by atoms with Gasteiger partial charge in [0.2, 0.25) is 0 Å². The van der Waals surface area contributed by atoms with E-state index in [0.717, 1.165) is 0 Å². The summed E-state index contributed by atoms with van der Waals surface area (Å²) >= 11 is 0. The molecule has 11 heavy (non-hydrogen) atoms. The van der Waals surface area contributed by atoms with Gasteiger partial charge < -0.3 is 0 Å². The van der Waals surface area contributed by atoms with Crippen LogP contribution in [0.5, 0.6) is 0 Å². The van der Waals surface area contributed by atoms with Gasteiger partial charge in [-0.3, -0.25) is 6.58 Å². The number of rotatable bonds is 2. The maximum absolute atomic E-state index is 5.16. The van der Waals surface area contributed by atoms with Crippen LogP contribution in [0, 0.1) is 6.58 Å². The zero-order valence-electron chi connectivity index (χ0n) is 6.20. The third-order valence-electron chi connectivity index (χ3n) is 1.20. The van der Waals surface area contributed by atoms with E-state index < -0.39 is 0 Å². The summed E-state index contributed by atoms with van der Waals surface area (Å²) in [5.41, 5.74) is 1.17. The summed E-state index contributed by atoms with van der Waals surface area (Å²) in [5, 5.41) is 0. The van der Waals surface area contributed by atoms with Crippen LogP contribution in [-0.4, -0.2) is 0 Å². The number of allylic oxidation sites excluding steroid dienone is 2. The molecule has 1 aromatic rings. The molecule has 0 aromatic heterocycles. The molecule has 0 saturated heterocycles. The van der Waals surface area contributed by atoms with Crippen LogP contribution in [0.3, 0.4) is 0 Å². The molecule has 1 rings (SSSR count). The monoisotopic (exact) mass is 219 g/mol. The first-order valence-electron chi connectivity index (χ1n) is 3.20. The summed E-state index contributed by atoms with van der Waals surface area (Å²) in [6.07, 6.45) is 5.29. The van der Waals surface area contributed by atoms with E-state index in [9.17, 15) is 0 Å². The van der Waals surface area contributed by atoms with Crippen molar-refractivity contribution in [1.82, 2.24) is 0 Å². The molecule has 0 amide bonds. The van der Waals surface area contributed by atoms with Crippen molar-refractivity contribution in [3.8, 4) is 0 Å². The molecular weight excluding hydrogens is 211 g/mol. The second-order valence-corrected chi connectivity index (χ2v) is 1.96. The standard InChI is InChI=1S/C10H9.Zr/c1-2-3-7-10-8-5-4-6-9-10;/h1-9H;/q-1;. The van der Waals surface area contributed by atoms with Crippen LogP contribution in [0.1, 0.15) is 5.56 Å². The predicted octanol–water partition coefficient (Wildman–Crippen LogP) is 2.69. The van der Waals surface area contributed by atoms with Crippen molar-refractivity contribution in [2.45, 2.75) is 0 Å². The van der Waals surface area contributed by atoms with E-state index in [1.807, 2.05) is 42.5 Å². The Bertz CT molecular complexity index is 224. The van der Waals surface area contributed by atoms with Crippen LogP contribution in [-0.2, 0) is 26.2 Å². The van der Waals surface area contributed by atoms with Gasteiger partial charge in [0.05, 0.1) is 0 Å². The molecule has 54 valence electrons. The fourth-order valence-electron chi connectivity index (χ4n) is 0.731. The van der Waals surface area contributed by atoms with E-state index in [2.05, 4.69) is 0 Å². The van der Waals surface area contributed by atoms with Gasteiger partial charge in [0, 0.05) is 26.2 Å². The van der Waals surface area contributed by atoms with E-state index in [0.29, 0.717) is 0 Å². The first-order valence-corrected chi connectivity index (χ1v) is 3.20. The van der Waals surface area contributed by atoms with Crippen LogP contribution in [0.2, 0.25) is 0 Å². The van der Waals surface area contributed by atoms with Crippen LogP contribution in [0.4, 0.5) is 0 Å². The summed E-state index contributed by atoms with van der Waals surface area (Å²) in [6, 6.07) is 10.0. The first-order chi connectivity index (χ1) is 4.93. The van der Waals surface area contributed by atoms with Gasteiger partial charge in [0.1, 0.15) is 0 Å². The summed E-state index contributed by atoms with van der Waals surface area (Å²) < 4.78 is 0. The van der Waals surface area contributed by atoms with Crippen LogP contribution < -0.4 is 0 Å². The second-order valence-electron chi connectivity index (χ2n) is 1.96. The third-order valence-corrected chi connectivity index (χ3v) is 1.20. The van der Waals surface area contributed by atoms with Gasteiger partial charge in [0.25, 0.3) is 0 Å². The predicted molar refractivity (Wildman–Crippen MR) is 44.3 cm³/mol. The fourth-order valence-corrected chi connectivity index (χ4v) is 0.731. The molecule has 0 spiro atoms. The van der Waals surface area contributed by atoms with Gasteiger partial charge in [-0.2, -0.15) is 0 Å². The number of hydrogen-bond donors (Lipinski definition) is 0. The summed E-state index contributed by atoms with van der Waals surface area (Å²) in [6.45, 7) is 5.16. The Balaban J connectivity index is 0.000001000. The average molecular weight is 220 g/mol. The van der Waals surface area contributed by atoms with E-state index in [1.165, 1.54) is 11.6 Å². The SMILES string of the molecule is [CH-]=CC=Cc1ccccc1.[Zr]. The molecule has 0 unspecified atom stereocenters. The Morgan fingerprint density at radius 3 is 2.27 bits per heavy atom. The largest absolute Gasteiger partial charge is 0.293 e. The Morgan fingerprint density at radius 2 is 1.73 bits per heavy atom.